The van der Waals surface area contributed by atoms with Crippen LogP contribution in [-0.2, 0) is 6.54 Å². The van der Waals surface area contributed by atoms with Crippen LogP contribution in [0.1, 0.15) is 31.0 Å². The van der Waals surface area contributed by atoms with E-state index in [4.69, 9.17) is 9.47 Å². The largest absolute Gasteiger partial charge is 0.486 e. The van der Waals surface area contributed by atoms with Crippen LogP contribution in [0.5, 0.6) is 11.5 Å². The molecule has 1 unspecified atom stereocenters. The number of nitro benzene ring substituents is 1. The molecule has 0 aromatic heterocycles. The maximum atomic E-state index is 10.7. The van der Waals surface area contributed by atoms with Gasteiger partial charge in [-0.3, -0.25) is 10.1 Å². The van der Waals surface area contributed by atoms with Crippen LogP contribution in [0, 0.1) is 16.0 Å². The third kappa shape index (κ3) is 4.09. The standard InChI is InChI=1S/C19H22N2O4/c1-13(2)19(15-5-8-17-18(11-15)25-10-9-24-17)20-12-14-3-6-16(7-4-14)21(22)23/h3-8,11,13,19-20H,9-10,12H2,1-2H3. The molecule has 0 bridgehead atoms. The fourth-order valence-corrected chi connectivity index (χ4v) is 2.96. The lowest BCUT2D eigenvalue weighted by atomic mass is 9.95. The molecule has 0 saturated carbocycles. The van der Waals surface area contributed by atoms with Gasteiger partial charge in [-0.15, -0.1) is 0 Å². The molecule has 1 N–H and O–H groups in total. The lowest BCUT2D eigenvalue weighted by molar-refractivity contribution is -0.384. The lowest BCUT2D eigenvalue weighted by Crippen LogP contribution is -2.25. The second-order valence-corrected chi connectivity index (χ2v) is 6.43. The van der Waals surface area contributed by atoms with Crippen molar-refractivity contribution in [2.45, 2.75) is 26.4 Å². The molecule has 25 heavy (non-hydrogen) atoms. The predicted molar refractivity (Wildman–Crippen MR) is 94.9 cm³/mol. The Labute approximate surface area is 146 Å². The molecular weight excluding hydrogens is 320 g/mol. The summed E-state index contributed by atoms with van der Waals surface area (Å²) in [7, 11) is 0. The van der Waals surface area contributed by atoms with Gasteiger partial charge >= 0.3 is 0 Å². The number of ether oxygens (including phenoxy) is 2. The van der Waals surface area contributed by atoms with Crippen molar-refractivity contribution >= 4 is 5.69 Å². The summed E-state index contributed by atoms with van der Waals surface area (Å²) in [4.78, 5) is 10.4. The summed E-state index contributed by atoms with van der Waals surface area (Å²) in [6.45, 7) is 6.10. The second kappa shape index (κ2) is 7.53. The molecular formula is C19H22N2O4. The van der Waals surface area contributed by atoms with E-state index in [1.807, 2.05) is 12.1 Å². The number of nitrogens with zero attached hydrogens (tertiary/aromatic N) is 1. The van der Waals surface area contributed by atoms with Gasteiger partial charge in [-0.25, -0.2) is 0 Å². The molecule has 0 fully saturated rings. The zero-order chi connectivity index (χ0) is 17.8. The number of hydrogen-bond acceptors (Lipinski definition) is 5. The van der Waals surface area contributed by atoms with Gasteiger partial charge in [0.2, 0.25) is 0 Å². The first-order valence-corrected chi connectivity index (χ1v) is 8.41. The van der Waals surface area contributed by atoms with Crippen LogP contribution in [0.15, 0.2) is 42.5 Å². The molecule has 3 rings (SSSR count). The summed E-state index contributed by atoms with van der Waals surface area (Å²) >= 11 is 0. The van der Waals surface area contributed by atoms with Gasteiger partial charge in [0, 0.05) is 24.7 Å². The Morgan fingerprint density at radius 1 is 1.08 bits per heavy atom. The number of non-ortho nitro benzene ring substituents is 1. The SMILES string of the molecule is CC(C)C(NCc1ccc([N+](=O)[O-])cc1)c1ccc2c(c1)OCCO2. The predicted octanol–water partition coefficient (Wildman–Crippen LogP) is 3.85. The molecule has 2 aromatic carbocycles. The topological polar surface area (TPSA) is 73.6 Å². The van der Waals surface area contributed by atoms with Gasteiger partial charge in [-0.2, -0.15) is 0 Å². The number of nitro groups is 1. The molecule has 0 amide bonds. The van der Waals surface area contributed by atoms with Crippen molar-refractivity contribution in [1.29, 1.82) is 0 Å². The lowest BCUT2D eigenvalue weighted by Gasteiger charge is -2.25. The highest BCUT2D eigenvalue weighted by molar-refractivity contribution is 5.44. The molecule has 6 heteroatoms. The van der Waals surface area contributed by atoms with Gasteiger partial charge in [-0.1, -0.05) is 32.0 Å². The first kappa shape index (κ1) is 17.2. The first-order valence-electron chi connectivity index (χ1n) is 8.41. The van der Waals surface area contributed by atoms with Gasteiger partial charge < -0.3 is 14.8 Å². The highest BCUT2D eigenvalue weighted by Gasteiger charge is 2.19. The van der Waals surface area contributed by atoms with E-state index in [0.29, 0.717) is 25.7 Å². The van der Waals surface area contributed by atoms with Crippen molar-refractivity contribution in [3.8, 4) is 11.5 Å². The molecule has 6 nitrogen and oxygen atoms in total. The summed E-state index contributed by atoms with van der Waals surface area (Å²) in [6.07, 6.45) is 0. The quantitative estimate of drug-likeness (QED) is 0.637. The smallest absolute Gasteiger partial charge is 0.269 e. The van der Waals surface area contributed by atoms with Crippen LogP contribution in [0.3, 0.4) is 0 Å². The van der Waals surface area contributed by atoms with Crippen LogP contribution >= 0.6 is 0 Å². The molecule has 0 spiro atoms. The van der Waals surface area contributed by atoms with Crippen molar-refractivity contribution in [2.24, 2.45) is 5.92 Å². The fourth-order valence-electron chi connectivity index (χ4n) is 2.96. The molecule has 2 aromatic rings. The van der Waals surface area contributed by atoms with Gasteiger partial charge in [-0.05, 0) is 29.2 Å². The van der Waals surface area contributed by atoms with Crippen LogP contribution in [0.2, 0.25) is 0 Å². The number of benzene rings is 2. The number of fused-ring (bicyclic) bond motifs is 1. The van der Waals surface area contributed by atoms with Crippen molar-refractivity contribution < 1.29 is 14.4 Å². The maximum Gasteiger partial charge on any atom is 0.269 e. The Hall–Kier alpha value is -2.60. The van der Waals surface area contributed by atoms with E-state index in [-0.39, 0.29) is 16.7 Å². The van der Waals surface area contributed by atoms with E-state index in [1.165, 1.54) is 12.1 Å². The molecule has 0 saturated heterocycles. The first-order chi connectivity index (χ1) is 12.0. The van der Waals surface area contributed by atoms with E-state index in [2.05, 4.69) is 25.2 Å². The van der Waals surface area contributed by atoms with Gasteiger partial charge in [0.1, 0.15) is 13.2 Å². The van der Waals surface area contributed by atoms with E-state index < -0.39 is 0 Å². The highest BCUT2D eigenvalue weighted by atomic mass is 16.6. The molecule has 1 aliphatic heterocycles. The summed E-state index contributed by atoms with van der Waals surface area (Å²) in [5.74, 6) is 1.94. The normalized spacial score (nSPS) is 14.4. The maximum absolute atomic E-state index is 10.7. The van der Waals surface area contributed by atoms with E-state index in [9.17, 15) is 10.1 Å². The Bertz CT molecular complexity index is 744. The van der Waals surface area contributed by atoms with E-state index >= 15 is 0 Å². The Kier molecular flexibility index (Phi) is 5.19. The third-order valence-corrected chi connectivity index (χ3v) is 4.27. The van der Waals surface area contributed by atoms with Gasteiger partial charge in [0.05, 0.1) is 4.92 Å². The number of rotatable bonds is 6. The van der Waals surface area contributed by atoms with Gasteiger partial charge in [0.15, 0.2) is 11.5 Å². The summed E-state index contributed by atoms with van der Waals surface area (Å²) in [5.41, 5.74) is 2.26. The molecule has 1 atom stereocenters. The van der Waals surface area contributed by atoms with Crippen molar-refractivity contribution in [3.63, 3.8) is 0 Å². The molecule has 1 heterocycles. The second-order valence-electron chi connectivity index (χ2n) is 6.43. The van der Waals surface area contributed by atoms with Crippen molar-refractivity contribution in [3.05, 3.63) is 63.7 Å². The number of hydrogen-bond donors (Lipinski definition) is 1. The zero-order valence-corrected chi connectivity index (χ0v) is 14.4. The van der Waals surface area contributed by atoms with Crippen LogP contribution in [0.25, 0.3) is 0 Å². The molecule has 1 aliphatic rings. The third-order valence-electron chi connectivity index (χ3n) is 4.27. The summed E-state index contributed by atoms with van der Waals surface area (Å²) in [6, 6.07) is 12.8. The van der Waals surface area contributed by atoms with E-state index in [1.54, 1.807) is 12.1 Å². The molecule has 0 radical (unpaired) electrons. The van der Waals surface area contributed by atoms with Crippen LogP contribution in [0.4, 0.5) is 5.69 Å². The van der Waals surface area contributed by atoms with Crippen molar-refractivity contribution in [1.82, 2.24) is 5.32 Å². The van der Waals surface area contributed by atoms with Crippen LogP contribution in [-0.4, -0.2) is 18.1 Å². The number of nitrogens with one attached hydrogen (secondary N) is 1. The minimum absolute atomic E-state index is 0.107. The Morgan fingerprint density at radius 2 is 1.76 bits per heavy atom. The Balaban J connectivity index is 1.72. The van der Waals surface area contributed by atoms with Crippen molar-refractivity contribution in [2.75, 3.05) is 13.2 Å². The highest BCUT2D eigenvalue weighted by Crippen LogP contribution is 2.34. The zero-order valence-electron chi connectivity index (χ0n) is 14.4. The minimum atomic E-state index is -0.386. The Morgan fingerprint density at radius 3 is 2.40 bits per heavy atom. The monoisotopic (exact) mass is 342 g/mol. The minimum Gasteiger partial charge on any atom is -0.486 e. The van der Waals surface area contributed by atoms with Crippen LogP contribution < -0.4 is 14.8 Å². The fraction of sp³-hybridized carbons (Fsp3) is 0.368. The molecule has 0 aliphatic carbocycles. The van der Waals surface area contributed by atoms with Gasteiger partial charge in [0.25, 0.3) is 5.69 Å². The average molecular weight is 342 g/mol. The van der Waals surface area contributed by atoms with E-state index in [0.717, 1.165) is 22.6 Å². The summed E-state index contributed by atoms with van der Waals surface area (Å²) < 4.78 is 11.3. The average Bonchev–Trinajstić information content (AvgIpc) is 2.62. The molecule has 132 valence electrons. The summed E-state index contributed by atoms with van der Waals surface area (Å²) in [5, 5.41) is 14.3.